The van der Waals surface area contributed by atoms with Crippen LogP contribution in [0, 0.1) is 5.92 Å². The highest BCUT2D eigenvalue weighted by Gasteiger charge is 2.15. The first-order valence-electron chi connectivity index (χ1n) is 5.66. The molecule has 0 aromatic heterocycles. The summed E-state index contributed by atoms with van der Waals surface area (Å²) >= 11 is 9.22. The normalized spacial score (nSPS) is 12.5. The maximum atomic E-state index is 12.0. The fraction of sp³-hybridized carbons (Fsp3) is 0.462. The summed E-state index contributed by atoms with van der Waals surface area (Å²) in [7, 11) is 0. The Kier molecular flexibility index (Phi) is 6.00. The Morgan fingerprint density at radius 3 is 2.59 bits per heavy atom. The molecule has 1 aromatic rings. The van der Waals surface area contributed by atoms with Crippen molar-refractivity contribution in [3.63, 3.8) is 0 Å². The van der Waals surface area contributed by atoms with E-state index in [9.17, 15) is 4.79 Å². The van der Waals surface area contributed by atoms with E-state index >= 15 is 0 Å². The van der Waals surface area contributed by atoms with Gasteiger partial charge in [0.25, 0.3) is 5.91 Å². The lowest BCUT2D eigenvalue weighted by atomic mass is 10.0. The number of rotatable bonds is 5. The third kappa shape index (κ3) is 4.68. The average Bonchev–Trinajstić information content (AvgIpc) is 2.27. The Morgan fingerprint density at radius 1 is 1.41 bits per heavy atom. The number of carbonyl (C=O) groups is 1. The summed E-state index contributed by atoms with van der Waals surface area (Å²) in [5.74, 6) is 0.871. The Balaban J connectivity index is 2.68. The number of nitrogens with one attached hydrogen (secondary N) is 1. The molecule has 0 aliphatic rings. The summed E-state index contributed by atoms with van der Waals surface area (Å²) in [6.07, 6.45) is 0.889. The van der Waals surface area contributed by atoms with Gasteiger partial charge in [-0.15, -0.1) is 11.6 Å². The molecule has 94 valence electrons. The summed E-state index contributed by atoms with van der Waals surface area (Å²) in [5, 5.41) is 2.95. The fourth-order valence-corrected chi connectivity index (χ4v) is 2.31. The van der Waals surface area contributed by atoms with E-state index < -0.39 is 0 Å². The van der Waals surface area contributed by atoms with Crippen molar-refractivity contribution in [1.29, 1.82) is 0 Å². The molecule has 0 bridgehead atoms. The smallest absolute Gasteiger partial charge is 0.252 e. The molecule has 0 aliphatic heterocycles. The van der Waals surface area contributed by atoms with Gasteiger partial charge >= 0.3 is 0 Å². The number of hydrogen-bond donors (Lipinski definition) is 1. The van der Waals surface area contributed by atoms with Crippen molar-refractivity contribution in [2.24, 2.45) is 5.92 Å². The van der Waals surface area contributed by atoms with Gasteiger partial charge in [-0.05, 0) is 40.4 Å². The second-order valence-electron chi connectivity index (χ2n) is 4.43. The summed E-state index contributed by atoms with van der Waals surface area (Å²) in [6.45, 7) is 4.23. The van der Waals surface area contributed by atoms with Gasteiger partial charge in [-0.1, -0.05) is 26.0 Å². The van der Waals surface area contributed by atoms with Gasteiger partial charge in [0.2, 0.25) is 0 Å². The van der Waals surface area contributed by atoms with E-state index in [-0.39, 0.29) is 11.9 Å². The number of halogens is 2. The van der Waals surface area contributed by atoms with Crippen molar-refractivity contribution >= 4 is 33.4 Å². The van der Waals surface area contributed by atoms with Gasteiger partial charge in [0.1, 0.15) is 0 Å². The first kappa shape index (κ1) is 14.5. The quantitative estimate of drug-likeness (QED) is 0.821. The van der Waals surface area contributed by atoms with Crippen LogP contribution in [0.25, 0.3) is 0 Å². The molecule has 0 saturated carbocycles. The summed E-state index contributed by atoms with van der Waals surface area (Å²) in [5.41, 5.74) is 0.645. The fourth-order valence-electron chi connectivity index (χ4n) is 1.64. The van der Waals surface area contributed by atoms with E-state index in [0.717, 1.165) is 10.9 Å². The van der Waals surface area contributed by atoms with Crippen LogP contribution in [0.2, 0.25) is 0 Å². The van der Waals surface area contributed by atoms with Crippen LogP contribution in [0.3, 0.4) is 0 Å². The molecule has 2 nitrogen and oxygen atoms in total. The second kappa shape index (κ2) is 7.02. The van der Waals surface area contributed by atoms with Crippen molar-refractivity contribution in [1.82, 2.24) is 5.32 Å². The molecule has 0 spiro atoms. The summed E-state index contributed by atoms with van der Waals surface area (Å²) in [4.78, 5) is 12.0. The third-order valence-corrected chi connectivity index (χ3v) is 3.46. The van der Waals surface area contributed by atoms with E-state index in [1.54, 1.807) is 6.07 Å². The van der Waals surface area contributed by atoms with Gasteiger partial charge in [-0.2, -0.15) is 0 Å². The molecule has 1 aromatic carbocycles. The van der Waals surface area contributed by atoms with E-state index in [2.05, 4.69) is 35.1 Å². The topological polar surface area (TPSA) is 29.1 Å². The number of amides is 1. The van der Waals surface area contributed by atoms with Crippen molar-refractivity contribution in [3.8, 4) is 0 Å². The first-order valence-corrected chi connectivity index (χ1v) is 6.98. The van der Waals surface area contributed by atoms with Crippen LogP contribution >= 0.6 is 27.5 Å². The first-order chi connectivity index (χ1) is 8.04. The Bertz CT molecular complexity index is 381. The molecule has 0 aliphatic carbocycles. The number of carbonyl (C=O) groups excluding carboxylic acids is 1. The lowest BCUT2D eigenvalue weighted by molar-refractivity contribution is 0.0936. The largest absolute Gasteiger partial charge is 0.348 e. The van der Waals surface area contributed by atoms with Gasteiger partial charge in [0, 0.05) is 16.4 Å². The minimum atomic E-state index is -0.0798. The second-order valence-corrected chi connectivity index (χ2v) is 5.60. The minimum absolute atomic E-state index is 0.0243. The van der Waals surface area contributed by atoms with Crippen LogP contribution in [-0.2, 0) is 0 Å². The highest BCUT2D eigenvalue weighted by atomic mass is 79.9. The van der Waals surface area contributed by atoms with Gasteiger partial charge in [-0.25, -0.2) is 0 Å². The predicted molar refractivity (Wildman–Crippen MR) is 75.6 cm³/mol. The molecule has 1 amide bonds. The number of alkyl halides is 1. The molecule has 1 atom stereocenters. The van der Waals surface area contributed by atoms with Crippen LogP contribution in [-0.4, -0.2) is 17.8 Å². The van der Waals surface area contributed by atoms with Crippen LogP contribution in [0.15, 0.2) is 28.7 Å². The van der Waals surface area contributed by atoms with Gasteiger partial charge in [0.15, 0.2) is 0 Å². The average molecular weight is 319 g/mol. The molecule has 1 N–H and O–H groups in total. The zero-order chi connectivity index (χ0) is 12.8. The zero-order valence-corrected chi connectivity index (χ0v) is 12.4. The molecular formula is C13H17BrClNO. The van der Waals surface area contributed by atoms with E-state index in [0.29, 0.717) is 17.4 Å². The van der Waals surface area contributed by atoms with E-state index in [4.69, 9.17) is 11.6 Å². The van der Waals surface area contributed by atoms with Crippen molar-refractivity contribution in [2.75, 3.05) is 5.88 Å². The summed E-state index contributed by atoms with van der Waals surface area (Å²) < 4.78 is 0.801. The number of benzene rings is 1. The lowest BCUT2D eigenvalue weighted by Gasteiger charge is -2.18. The molecular weight excluding hydrogens is 302 g/mol. The third-order valence-electron chi connectivity index (χ3n) is 2.40. The molecule has 0 heterocycles. The maximum absolute atomic E-state index is 12.0. The van der Waals surface area contributed by atoms with Crippen LogP contribution in [0.5, 0.6) is 0 Å². The molecule has 0 radical (unpaired) electrons. The van der Waals surface area contributed by atoms with Crippen LogP contribution in [0.4, 0.5) is 0 Å². The molecule has 1 unspecified atom stereocenters. The van der Waals surface area contributed by atoms with Gasteiger partial charge in [-0.3, -0.25) is 4.79 Å². The van der Waals surface area contributed by atoms with Crippen LogP contribution < -0.4 is 5.32 Å². The molecule has 17 heavy (non-hydrogen) atoms. The number of hydrogen-bond acceptors (Lipinski definition) is 1. The molecule has 0 saturated heterocycles. The summed E-state index contributed by atoms with van der Waals surface area (Å²) in [6, 6.07) is 7.40. The molecule has 4 heteroatoms. The van der Waals surface area contributed by atoms with Gasteiger partial charge < -0.3 is 5.32 Å². The standard InChI is InChI=1S/C13H17BrClNO/c1-9(2)7-10(8-15)16-13(17)11-5-3-4-6-12(11)14/h3-6,9-10H,7-8H2,1-2H3,(H,16,17). The monoisotopic (exact) mass is 317 g/mol. The maximum Gasteiger partial charge on any atom is 0.252 e. The van der Waals surface area contributed by atoms with E-state index in [1.165, 1.54) is 0 Å². The highest BCUT2D eigenvalue weighted by Crippen LogP contribution is 2.16. The Hall–Kier alpha value is -0.540. The van der Waals surface area contributed by atoms with E-state index in [1.807, 2.05) is 18.2 Å². The SMILES string of the molecule is CC(C)CC(CCl)NC(=O)c1ccccc1Br. The Morgan fingerprint density at radius 2 is 2.06 bits per heavy atom. The highest BCUT2D eigenvalue weighted by molar-refractivity contribution is 9.10. The van der Waals surface area contributed by atoms with Crippen molar-refractivity contribution in [3.05, 3.63) is 34.3 Å². The minimum Gasteiger partial charge on any atom is -0.348 e. The zero-order valence-electron chi connectivity index (χ0n) is 10.0. The van der Waals surface area contributed by atoms with Crippen molar-refractivity contribution in [2.45, 2.75) is 26.3 Å². The lowest BCUT2D eigenvalue weighted by Crippen LogP contribution is -2.37. The molecule has 1 rings (SSSR count). The van der Waals surface area contributed by atoms with Crippen LogP contribution in [0.1, 0.15) is 30.6 Å². The predicted octanol–water partition coefficient (Wildman–Crippen LogP) is 3.83. The van der Waals surface area contributed by atoms with Gasteiger partial charge in [0.05, 0.1) is 5.56 Å². The molecule has 0 fully saturated rings. The Labute approximate surface area is 116 Å². The van der Waals surface area contributed by atoms with Crippen molar-refractivity contribution < 1.29 is 4.79 Å².